The molecule has 3 heterocycles. The molecule has 1 saturated heterocycles. The van der Waals surface area contributed by atoms with Gasteiger partial charge in [-0.2, -0.15) is 0 Å². The van der Waals surface area contributed by atoms with Crippen molar-refractivity contribution < 1.29 is 14.3 Å². The molecule has 0 spiro atoms. The van der Waals surface area contributed by atoms with Crippen LogP contribution in [0.15, 0.2) is 40.9 Å². The normalized spacial score (nSPS) is 16.9. The van der Waals surface area contributed by atoms with Gasteiger partial charge in [-0.1, -0.05) is 23.9 Å². The van der Waals surface area contributed by atoms with Crippen LogP contribution in [0.4, 0.5) is 0 Å². The summed E-state index contributed by atoms with van der Waals surface area (Å²) in [6, 6.07) is 9.99. The number of aromatic nitrogens is 3. The molecule has 31 heavy (non-hydrogen) atoms. The number of carbonyl (C=O) groups is 1. The van der Waals surface area contributed by atoms with Crippen molar-refractivity contribution in [3.8, 4) is 22.1 Å². The van der Waals surface area contributed by atoms with Gasteiger partial charge in [-0.15, -0.1) is 21.5 Å². The first-order chi connectivity index (χ1) is 15.1. The number of aryl methyl sites for hydroxylation is 1. The Kier molecular flexibility index (Phi) is 6.94. The third-order valence-electron chi connectivity index (χ3n) is 5.13. The minimum Gasteiger partial charge on any atom is -0.495 e. The van der Waals surface area contributed by atoms with Gasteiger partial charge in [0.1, 0.15) is 5.75 Å². The quantitative estimate of drug-likeness (QED) is 0.512. The predicted molar refractivity (Wildman–Crippen MR) is 123 cm³/mol. The zero-order valence-corrected chi connectivity index (χ0v) is 19.5. The second-order valence-electron chi connectivity index (χ2n) is 7.43. The highest BCUT2D eigenvalue weighted by Crippen LogP contribution is 2.35. The second kappa shape index (κ2) is 9.84. The first kappa shape index (κ1) is 21.9. The maximum Gasteiger partial charge on any atom is 0.233 e. The number of nitrogens with zero attached hydrogens (tertiary/aromatic N) is 3. The molecular formula is C22H26N4O3S2. The largest absolute Gasteiger partial charge is 0.495 e. The lowest BCUT2D eigenvalue weighted by Gasteiger charge is -2.17. The van der Waals surface area contributed by atoms with E-state index in [2.05, 4.69) is 15.5 Å². The zero-order chi connectivity index (χ0) is 21.8. The molecular weight excluding hydrogens is 432 g/mol. The van der Waals surface area contributed by atoms with Crippen molar-refractivity contribution in [1.29, 1.82) is 0 Å². The third kappa shape index (κ3) is 4.94. The second-order valence-corrected chi connectivity index (χ2v) is 9.69. The summed E-state index contributed by atoms with van der Waals surface area (Å²) in [7, 11) is 1.65. The molecule has 1 aliphatic heterocycles. The first-order valence-corrected chi connectivity index (χ1v) is 12.0. The molecule has 3 aromatic rings. The molecule has 2 aromatic heterocycles. The number of carbonyl (C=O) groups excluding carboxylic acids is 1. The Morgan fingerprint density at radius 3 is 3.00 bits per heavy atom. The monoisotopic (exact) mass is 458 g/mol. The van der Waals surface area contributed by atoms with Crippen molar-refractivity contribution in [3.63, 3.8) is 0 Å². The molecule has 0 unspecified atom stereocenters. The molecule has 0 radical (unpaired) electrons. The fraction of sp³-hybridized carbons (Fsp3) is 0.409. The van der Waals surface area contributed by atoms with Crippen LogP contribution in [0.1, 0.15) is 25.3 Å². The Hall–Kier alpha value is -2.36. The summed E-state index contributed by atoms with van der Waals surface area (Å²) >= 11 is 2.98. The van der Waals surface area contributed by atoms with Crippen molar-refractivity contribution in [2.45, 2.75) is 43.2 Å². The fourth-order valence-electron chi connectivity index (χ4n) is 3.48. The summed E-state index contributed by atoms with van der Waals surface area (Å²) in [5.41, 5.74) is 1.95. The number of hydrogen-bond donors (Lipinski definition) is 1. The molecule has 9 heteroatoms. The Balaban J connectivity index is 1.62. The van der Waals surface area contributed by atoms with Crippen LogP contribution >= 0.6 is 23.1 Å². The summed E-state index contributed by atoms with van der Waals surface area (Å²) in [5, 5.41) is 14.2. The molecule has 2 atom stereocenters. The van der Waals surface area contributed by atoms with E-state index in [0.717, 1.165) is 47.2 Å². The highest BCUT2D eigenvalue weighted by Gasteiger charge is 2.25. The highest BCUT2D eigenvalue weighted by molar-refractivity contribution is 8.00. The van der Waals surface area contributed by atoms with Crippen LogP contribution in [0.25, 0.3) is 16.4 Å². The fourth-order valence-corrected chi connectivity index (χ4v) is 5.06. The van der Waals surface area contributed by atoms with E-state index >= 15 is 0 Å². The lowest BCUT2D eigenvalue weighted by atomic mass is 10.2. The molecule has 0 bridgehead atoms. The van der Waals surface area contributed by atoms with Gasteiger partial charge in [0.25, 0.3) is 0 Å². The number of thiophene rings is 1. The van der Waals surface area contributed by atoms with E-state index in [0.29, 0.717) is 11.7 Å². The van der Waals surface area contributed by atoms with E-state index < -0.39 is 0 Å². The predicted octanol–water partition coefficient (Wildman–Crippen LogP) is 4.09. The Labute approximate surface area is 190 Å². The van der Waals surface area contributed by atoms with Crippen LogP contribution in [0.3, 0.4) is 0 Å². The number of ether oxygens (including phenoxy) is 2. The molecule has 1 fully saturated rings. The van der Waals surface area contributed by atoms with Gasteiger partial charge in [-0.05, 0) is 55.8 Å². The number of methoxy groups -OCH3 is 1. The molecule has 1 aliphatic rings. The molecule has 164 valence electrons. The molecule has 4 rings (SSSR count). The summed E-state index contributed by atoms with van der Waals surface area (Å²) < 4.78 is 13.2. The van der Waals surface area contributed by atoms with Crippen LogP contribution in [0.5, 0.6) is 5.75 Å². The van der Waals surface area contributed by atoms with Crippen molar-refractivity contribution in [1.82, 2.24) is 20.1 Å². The van der Waals surface area contributed by atoms with Gasteiger partial charge >= 0.3 is 0 Å². The summed E-state index contributed by atoms with van der Waals surface area (Å²) in [4.78, 5) is 13.7. The van der Waals surface area contributed by atoms with E-state index in [4.69, 9.17) is 9.47 Å². The number of amides is 1. The van der Waals surface area contributed by atoms with Gasteiger partial charge in [0, 0.05) is 13.2 Å². The van der Waals surface area contributed by atoms with Gasteiger partial charge < -0.3 is 14.8 Å². The maximum atomic E-state index is 12.7. The third-order valence-corrected chi connectivity index (χ3v) is 7.04. The van der Waals surface area contributed by atoms with Crippen LogP contribution in [-0.4, -0.2) is 52.3 Å². The number of nitrogens with one attached hydrogen (secondary N) is 1. The average molecular weight is 459 g/mol. The lowest BCUT2D eigenvalue weighted by Crippen LogP contribution is -2.36. The van der Waals surface area contributed by atoms with Crippen LogP contribution in [-0.2, 0) is 9.53 Å². The van der Waals surface area contributed by atoms with Crippen LogP contribution in [0.2, 0.25) is 0 Å². The molecule has 1 N–H and O–H groups in total. The van der Waals surface area contributed by atoms with Gasteiger partial charge in [-0.25, -0.2) is 0 Å². The van der Waals surface area contributed by atoms with Crippen molar-refractivity contribution >= 4 is 29.0 Å². The standard InChI is InChI=1S/C22H26N4O3S2/c1-14-8-9-18(28-3)17(12-14)26-20(19-7-5-11-30-19)24-25-22(26)31-15(2)21(27)23-13-16-6-4-10-29-16/h5,7-9,11-12,15-16H,4,6,10,13H2,1-3H3,(H,23,27)/t15-,16-/m0/s1. The Morgan fingerprint density at radius 1 is 1.42 bits per heavy atom. The Morgan fingerprint density at radius 2 is 2.29 bits per heavy atom. The minimum absolute atomic E-state index is 0.0380. The summed E-state index contributed by atoms with van der Waals surface area (Å²) in [6.07, 6.45) is 2.16. The highest BCUT2D eigenvalue weighted by atomic mass is 32.2. The van der Waals surface area contributed by atoms with Crippen LogP contribution < -0.4 is 10.1 Å². The minimum atomic E-state index is -0.337. The van der Waals surface area contributed by atoms with E-state index in [1.807, 2.05) is 54.1 Å². The first-order valence-electron chi connectivity index (χ1n) is 10.3. The molecule has 0 saturated carbocycles. The van der Waals surface area contributed by atoms with Crippen molar-refractivity contribution in [2.75, 3.05) is 20.3 Å². The average Bonchev–Trinajstić information content (AvgIpc) is 3.53. The number of benzene rings is 1. The maximum absolute atomic E-state index is 12.7. The topological polar surface area (TPSA) is 78.3 Å². The smallest absolute Gasteiger partial charge is 0.233 e. The summed E-state index contributed by atoms with van der Waals surface area (Å²) in [6.45, 7) is 5.24. The number of thioether (sulfide) groups is 1. The lowest BCUT2D eigenvalue weighted by molar-refractivity contribution is -0.120. The van der Waals surface area contributed by atoms with Crippen LogP contribution in [0, 0.1) is 6.92 Å². The molecule has 0 aliphatic carbocycles. The van der Waals surface area contributed by atoms with E-state index in [-0.39, 0.29) is 17.3 Å². The molecule has 7 nitrogen and oxygen atoms in total. The van der Waals surface area contributed by atoms with Gasteiger partial charge in [-0.3, -0.25) is 9.36 Å². The zero-order valence-electron chi connectivity index (χ0n) is 17.8. The van der Waals surface area contributed by atoms with E-state index in [1.165, 1.54) is 11.8 Å². The number of hydrogen-bond acceptors (Lipinski definition) is 7. The summed E-state index contributed by atoms with van der Waals surface area (Å²) in [5.74, 6) is 1.41. The molecule has 1 amide bonds. The van der Waals surface area contributed by atoms with Crippen molar-refractivity contribution in [2.24, 2.45) is 0 Å². The Bertz CT molecular complexity index is 1030. The van der Waals surface area contributed by atoms with Gasteiger partial charge in [0.2, 0.25) is 5.91 Å². The van der Waals surface area contributed by atoms with E-state index in [1.54, 1.807) is 18.4 Å². The van der Waals surface area contributed by atoms with E-state index in [9.17, 15) is 4.79 Å². The van der Waals surface area contributed by atoms with Gasteiger partial charge in [0.15, 0.2) is 11.0 Å². The van der Waals surface area contributed by atoms with Gasteiger partial charge in [0.05, 0.1) is 29.0 Å². The van der Waals surface area contributed by atoms with Crippen molar-refractivity contribution in [3.05, 3.63) is 41.3 Å². The number of rotatable bonds is 8. The SMILES string of the molecule is COc1ccc(C)cc1-n1c(S[C@@H](C)C(=O)NC[C@@H]2CCCO2)nnc1-c1cccs1. The molecule has 1 aromatic carbocycles.